The second-order valence-corrected chi connectivity index (χ2v) is 9.26. The molecule has 190 valence electrons. The van der Waals surface area contributed by atoms with Gasteiger partial charge >= 0.3 is 11.9 Å². The van der Waals surface area contributed by atoms with Crippen molar-refractivity contribution in [1.82, 2.24) is 0 Å². The van der Waals surface area contributed by atoms with Crippen LogP contribution in [-0.4, -0.2) is 48.6 Å². The third kappa shape index (κ3) is 14.1. The van der Waals surface area contributed by atoms with Crippen molar-refractivity contribution in [2.24, 2.45) is 17.3 Å². The van der Waals surface area contributed by atoms with Gasteiger partial charge in [0.15, 0.2) is 0 Å². The summed E-state index contributed by atoms with van der Waals surface area (Å²) in [5.41, 5.74) is -0.817. The summed E-state index contributed by atoms with van der Waals surface area (Å²) in [6, 6.07) is 0. The smallest absolute Gasteiger partial charge is 0.309 e. The molecule has 0 saturated heterocycles. The number of rotatable bonds is 23. The number of aliphatic carboxylic acids is 2. The molecule has 0 aliphatic carbocycles. The summed E-state index contributed by atoms with van der Waals surface area (Å²) in [5.74, 6) is -0.441. The fourth-order valence-corrected chi connectivity index (χ4v) is 4.05. The molecule has 0 heterocycles. The zero-order valence-electron chi connectivity index (χ0n) is 21.2. The number of carboxylic acids is 2. The summed E-state index contributed by atoms with van der Waals surface area (Å²) in [4.78, 5) is 23.0. The van der Waals surface area contributed by atoms with Crippen molar-refractivity contribution in [3.05, 3.63) is 0 Å². The lowest BCUT2D eigenvalue weighted by Crippen LogP contribution is -2.34. The predicted octanol–water partition coefficient (Wildman–Crippen LogP) is 6.56. The molecule has 0 rings (SSSR count). The quantitative estimate of drug-likeness (QED) is 0.168. The lowest BCUT2D eigenvalue weighted by atomic mass is 9.77. The Morgan fingerprint density at radius 3 is 1.53 bits per heavy atom. The molecule has 0 aromatic heterocycles. The van der Waals surface area contributed by atoms with Crippen molar-refractivity contribution in [2.45, 2.75) is 111 Å². The van der Waals surface area contributed by atoms with Crippen molar-refractivity contribution in [3.63, 3.8) is 0 Å². The highest BCUT2D eigenvalue weighted by Gasteiger charge is 2.37. The average molecular weight is 459 g/mol. The van der Waals surface area contributed by atoms with E-state index in [1.165, 1.54) is 0 Å². The highest BCUT2D eigenvalue weighted by atomic mass is 16.5. The molecule has 0 radical (unpaired) electrons. The Kier molecular flexibility index (Phi) is 18.7. The molecule has 6 nitrogen and oxygen atoms in total. The van der Waals surface area contributed by atoms with E-state index in [-0.39, 0.29) is 6.42 Å². The van der Waals surface area contributed by atoms with Gasteiger partial charge in [-0.3, -0.25) is 9.59 Å². The minimum Gasteiger partial charge on any atom is -0.481 e. The van der Waals surface area contributed by atoms with Crippen molar-refractivity contribution < 1.29 is 29.3 Å². The van der Waals surface area contributed by atoms with Gasteiger partial charge in [-0.2, -0.15) is 0 Å². The summed E-state index contributed by atoms with van der Waals surface area (Å²) in [6.45, 7) is 11.0. The predicted molar refractivity (Wildman–Crippen MR) is 129 cm³/mol. The van der Waals surface area contributed by atoms with Gasteiger partial charge in [-0.15, -0.1) is 0 Å². The first-order chi connectivity index (χ1) is 15.3. The van der Waals surface area contributed by atoms with Crippen molar-refractivity contribution in [1.29, 1.82) is 0 Å². The van der Waals surface area contributed by atoms with Gasteiger partial charge in [0, 0.05) is 32.8 Å². The maximum absolute atomic E-state index is 12.4. The molecule has 0 aromatic carbocycles. The van der Waals surface area contributed by atoms with Crippen molar-refractivity contribution in [3.8, 4) is 0 Å². The average Bonchev–Trinajstić information content (AvgIpc) is 2.77. The number of ether oxygens (including phenoxy) is 2. The van der Waals surface area contributed by atoms with Crippen LogP contribution < -0.4 is 0 Å². The molecule has 0 aliphatic heterocycles. The summed E-state index contributed by atoms with van der Waals surface area (Å²) in [5, 5.41) is 18.9. The SMILES string of the molecule is CCC(CC)COCCC(CCCCCCCC(=O)O)(CCOCC(CC)CC)C(=O)O. The number of carboxylic acid groups (broad SMARTS) is 2. The molecule has 0 aromatic rings. The second kappa shape index (κ2) is 19.3. The highest BCUT2D eigenvalue weighted by molar-refractivity contribution is 5.74. The van der Waals surface area contributed by atoms with E-state index in [1.807, 2.05) is 0 Å². The molecule has 0 aliphatic rings. The molecule has 6 heteroatoms. The third-order valence-corrected chi connectivity index (χ3v) is 6.97. The minimum absolute atomic E-state index is 0.209. The Bertz CT molecular complexity index is 451. The monoisotopic (exact) mass is 458 g/mol. The number of hydrogen-bond acceptors (Lipinski definition) is 4. The van der Waals surface area contributed by atoms with Gasteiger partial charge in [0.2, 0.25) is 0 Å². The van der Waals surface area contributed by atoms with Gasteiger partial charge < -0.3 is 19.7 Å². The molecular formula is C26H50O6. The number of carbonyl (C=O) groups is 2. The number of unbranched alkanes of at least 4 members (excludes halogenated alkanes) is 4. The topological polar surface area (TPSA) is 93.1 Å². The van der Waals surface area contributed by atoms with Gasteiger partial charge in [0.1, 0.15) is 0 Å². The Balaban J connectivity index is 4.74. The van der Waals surface area contributed by atoms with E-state index in [1.54, 1.807) is 0 Å². The van der Waals surface area contributed by atoms with Crippen molar-refractivity contribution >= 4 is 11.9 Å². The first-order valence-corrected chi connectivity index (χ1v) is 13.0. The maximum Gasteiger partial charge on any atom is 0.309 e. The lowest BCUT2D eigenvalue weighted by molar-refractivity contribution is -0.152. The van der Waals surface area contributed by atoms with Crippen LogP contribution in [0.2, 0.25) is 0 Å². The van der Waals surface area contributed by atoms with Crippen LogP contribution in [0.3, 0.4) is 0 Å². The first kappa shape index (κ1) is 30.9. The standard InChI is InChI=1S/C26H50O6/c1-5-22(6-2)20-31-18-16-26(25(29)30,17-19-32-21-23(7-3)8-4)15-13-11-9-10-12-14-24(27)28/h22-23H,5-21H2,1-4H3,(H,27,28)(H,29,30). The van der Waals surface area contributed by atoms with Gasteiger partial charge in [0.25, 0.3) is 0 Å². The lowest BCUT2D eigenvalue weighted by Gasteiger charge is -2.30. The van der Waals surface area contributed by atoms with E-state index in [9.17, 15) is 14.7 Å². The van der Waals surface area contributed by atoms with E-state index in [0.29, 0.717) is 63.9 Å². The van der Waals surface area contributed by atoms with E-state index >= 15 is 0 Å². The van der Waals surface area contributed by atoms with Crippen LogP contribution in [-0.2, 0) is 19.1 Å². The molecule has 0 bridgehead atoms. The van der Waals surface area contributed by atoms with E-state index in [2.05, 4.69) is 27.7 Å². The zero-order chi connectivity index (χ0) is 24.2. The molecular weight excluding hydrogens is 408 g/mol. The van der Waals surface area contributed by atoms with Gasteiger partial charge in [-0.1, -0.05) is 79.1 Å². The van der Waals surface area contributed by atoms with Crippen LogP contribution in [0.4, 0.5) is 0 Å². The van der Waals surface area contributed by atoms with Crippen molar-refractivity contribution in [2.75, 3.05) is 26.4 Å². The Labute approximate surface area is 196 Å². The Hall–Kier alpha value is -1.14. The molecule has 32 heavy (non-hydrogen) atoms. The highest BCUT2D eigenvalue weighted by Crippen LogP contribution is 2.34. The van der Waals surface area contributed by atoms with E-state index in [0.717, 1.165) is 51.4 Å². The van der Waals surface area contributed by atoms with Gasteiger partial charge in [-0.05, 0) is 37.5 Å². The summed E-state index contributed by atoms with van der Waals surface area (Å²) in [6.07, 6.45) is 10.4. The van der Waals surface area contributed by atoms with Gasteiger partial charge in [0.05, 0.1) is 5.41 Å². The van der Waals surface area contributed by atoms with E-state index < -0.39 is 17.4 Å². The molecule has 0 spiro atoms. The number of hydrogen-bond donors (Lipinski definition) is 2. The van der Waals surface area contributed by atoms with Crippen LogP contribution in [0.5, 0.6) is 0 Å². The molecule has 0 amide bonds. The van der Waals surface area contributed by atoms with Crippen LogP contribution in [0.25, 0.3) is 0 Å². The Morgan fingerprint density at radius 2 is 1.12 bits per heavy atom. The largest absolute Gasteiger partial charge is 0.481 e. The maximum atomic E-state index is 12.4. The van der Waals surface area contributed by atoms with Crippen LogP contribution in [0.15, 0.2) is 0 Å². The fraction of sp³-hybridized carbons (Fsp3) is 0.923. The first-order valence-electron chi connectivity index (χ1n) is 13.0. The normalized spacial score (nSPS) is 12.1. The second-order valence-electron chi connectivity index (χ2n) is 9.26. The molecule has 0 unspecified atom stereocenters. The van der Waals surface area contributed by atoms with Crippen LogP contribution >= 0.6 is 0 Å². The van der Waals surface area contributed by atoms with Crippen LogP contribution in [0, 0.1) is 17.3 Å². The summed E-state index contributed by atoms with van der Waals surface area (Å²) in [7, 11) is 0. The summed E-state index contributed by atoms with van der Waals surface area (Å²) >= 11 is 0. The third-order valence-electron chi connectivity index (χ3n) is 6.97. The summed E-state index contributed by atoms with van der Waals surface area (Å²) < 4.78 is 11.8. The fourth-order valence-electron chi connectivity index (χ4n) is 4.05. The molecule has 0 saturated carbocycles. The molecule has 0 fully saturated rings. The zero-order valence-corrected chi connectivity index (χ0v) is 21.2. The Morgan fingerprint density at radius 1 is 0.688 bits per heavy atom. The molecule has 2 N–H and O–H groups in total. The van der Waals surface area contributed by atoms with Crippen LogP contribution in [0.1, 0.15) is 111 Å². The minimum atomic E-state index is -0.817. The van der Waals surface area contributed by atoms with Gasteiger partial charge in [-0.25, -0.2) is 0 Å². The van der Waals surface area contributed by atoms with E-state index in [4.69, 9.17) is 14.6 Å². The molecule has 0 atom stereocenters.